The molecule has 0 saturated carbocycles. The van der Waals surface area contributed by atoms with Crippen LogP contribution in [0.25, 0.3) is 0 Å². The highest BCUT2D eigenvalue weighted by Gasteiger charge is 1.99. The molecule has 12 heavy (non-hydrogen) atoms. The summed E-state index contributed by atoms with van der Waals surface area (Å²) in [6, 6.07) is 1.49. The van der Waals surface area contributed by atoms with Crippen molar-refractivity contribution in [3.8, 4) is 12.3 Å². The SMILES string of the molecule is C#CCSc1nc(N)cc(Cl)n1. The van der Waals surface area contributed by atoms with Gasteiger partial charge in [-0.05, 0) is 0 Å². The molecule has 1 aromatic rings. The summed E-state index contributed by atoms with van der Waals surface area (Å²) < 4.78 is 0. The predicted octanol–water partition coefficient (Wildman–Crippen LogP) is 1.44. The van der Waals surface area contributed by atoms with Crippen LogP contribution in [0.1, 0.15) is 0 Å². The number of nitrogens with zero attached hydrogens (tertiary/aromatic N) is 2. The molecule has 1 aromatic heterocycles. The van der Waals surface area contributed by atoms with Crippen molar-refractivity contribution in [3.05, 3.63) is 11.2 Å². The van der Waals surface area contributed by atoms with Crippen molar-refractivity contribution in [1.82, 2.24) is 9.97 Å². The highest BCUT2D eigenvalue weighted by Crippen LogP contribution is 2.16. The Bertz CT molecular complexity index is 301. The monoisotopic (exact) mass is 199 g/mol. The minimum atomic E-state index is 0.335. The van der Waals surface area contributed by atoms with Crippen molar-refractivity contribution in [2.45, 2.75) is 5.16 Å². The van der Waals surface area contributed by atoms with Crippen LogP contribution in [-0.4, -0.2) is 15.7 Å². The summed E-state index contributed by atoms with van der Waals surface area (Å²) in [6.45, 7) is 0. The van der Waals surface area contributed by atoms with E-state index in [0.717, 1.165) is 0 Å². The number of halogens is 1. The van der Waals surface area contributed by atoms with Crippen molar-refractivity contribution < 1.29 is 0 Å². The van der Waals surface area contributed by atoms with Crippen LogP contribution >= 0.6 is 23.4 Å². The molecule has 1 heterocycles. The van der Waals surface area contributed by atoms with Crippen LogP contribution < -0.4 is 5.73 Å². The van der Waals surface area contributed by atoms with Gasteiger partial charge in [-0.1, -0.05) is 29.3 Å². The van der Waals surface area contributed by atoms with Gasteiger partial charge in [-0.3, -0.25) is 0 Å². The number of hydrogen-bond donors (Lipinski definition) is 1. The smallest absolute Gasteiger partial charge is 0.191 e. The second kappa shape index (κ2) is 4.19. The summed E-state index contributed by atoms with van der Waals surface area (Å²) in [5, 5.41) is 0.847. The van der Waals surface area contributed by atoms with Crippen LogP contribution in [-0.2, 0) is 0 Å². The standard InChI is InChI=1S/C7H6ClN3S/c1-2-3-12-7-10-5(8)4-6(9)11-7/h1,4H,3H2,(H2,9,10,11). The number of terminal acetylenes is 1. The lowest BCUT2D eigenvalue weighted by Crippen LogP contribution is -1.94. The lowest BCUT2D eigenvalue weighted by molar-refractivity contribution is 0.979. The first-order valence-corrected chi connectivity index (χ1v) is 4.45. The highest BCUT2D eigenvalue weighted by atomic mass is 35.5. The van der Waals surface area contributed by atoms with Gasteiger partial charge in [-0.25, -0.2) is 9.97 Å². The first-order chi connectivity index (χ1) is 5.72. The first-order valence-electron chi connectivity index (χ1n) is 3.08. The molecular weight excluding hydrogens is 194 g/mol. The van der Waals surface area contributed by atoms with Crippen molar-refractivity contribution in [2.75, 3.05) is 11.5 Å². The van der Waals surface area contributed by atoms with Crippen LogP contribution in [0.3, 0.4) is 0 Å². The van der Waals surface area contributed by atoms with Gasteiger partial charge in [-0.15, -0.1) is 6.42 Å². The van der Waals surface area contributed by atoms with Gasteiger partial charge in [0.25, 0.3) is 0 Å². The summed E-state index contributed by atoms with van der Waals surface area (Å²) >= 11 is 6.96. The molecule has 0 aliphatic rings. The number of nitrogen functional groups attached to an aromatic ring is 1. The summed E-state index contributed by atoms with van der Waals surface area (Å²) in [5.41, 5.74) is 5.43. The van der Waals surface area contributed by atoms with Gasteiger partial charge in [0.15, 0.2) is 5.16 Å². The number of thioether (sulfide) groups is 1. The lowest BCUT2D eigenvalue weighted by atomic mass is 10.6. The second-order valence-electron chi connectivity index (χ2n) is 1.89. The Hall–Kier alpha value is -0.920. The lowest BCUT2D eigenvalue weighted by Gasteiger charge is -1.97. The minimum Gasteiger partial charge on any atom is -0.384 e. The molecule has 0 unspecified atom stereocenters. The molecule has 0 amide bonds. The van der Waals surface area contributed by atoms with Crippen LogP contribution in [0.4, 0.5) is 5.82 Å². The molecule has 0 spiro atoms. The zero-order valence-corrected chi connectivity index (χ0v) is 7.69. The third-order valence-corrected chi connectivity index (χ3v) is 1.92. The van der Waals surface area contributed by atoms with E-state index >= 15 is 0 Å². The van der Waals surface area contributed by atoms with Gasteiger partial charge in [0, 0.05) is 6.07 Å². The van der Waals surface area contributed by atoms with Crippen LogP contribution in [0, 0.1) is 12.3 Å². The zero-order chi connectivity index (χ0) is 8.97. The van der Waals surface area contributed by atoms with E-state index in [1.165, 1.54) is 17.8 Å². The summed E-state index contributed by atoms with van der Waals surface area (Å²) in [6.07, 6.45) is 5.06. The summed E-state index contributed by atoms with van der Waals surface area (Å²) in [5.74, 6) is 3.32. The van der Waals surface area contributed by atoms with E-state index in [0.29, 0.717) is 21.9 Å². The van der Waals surface area contributed by atoms with Gasteiger partial charge >= 0.3 is 0 Å². The maximum absolute atomic E-state index is 5.63. The quantitative estimate of drug-likeness (QED) is 0.339. The second-order valence-corrected chi connectivity index (χ2v) is 3.22. The Morgan fingerprint density at radius 3 is 3.00 bits per heavy atom. The van der Waals surface area contributed by atoms with E-state index < -0.39 is 0 Å². The number of nitrogens with two attached hydrogens (primary N) is 1. The molecule has 0 radical (unpaired) electrons. The molecule has 0 saturated heterocycles. The van der Waals surface area contributed by atoms with Gasteiger partial charge in [0.2, 0.25) is 0 Å². The van der Waals surface area contributed by atoms with Gasteiger partial charge < -0.3 is 5.73 Å². The third kappa shape index (κ3) is 2.61. The predicted molar refractivity (Wildman–Crippen MR) is 51.0 cm³/mol. The van der Waals surface area contributed by atoms with Crippen LogP contribution in [0.5, 0.6) is 0 Å². The number of anilines is 1. The van der Waals surface area contributed by atoms with E-state index in [1.807, 2.05) is 0 Å². The van der Waals surface area contributed by atoms with Crippen molar-refractivity contribution in [1.29, 1.82) is 0 Å². The molecule has 5 heteroatoms. The number of rotatable bonds is 2. The summed E-state index contributed by atoms with van der Waals surface area (Å²) in [7, 11) is 0. The Labute approximate surface area is 79.7 Å². The third-order valence-electron chi connectivity index (χ3n) is 0.979. The molecule has 62 valence electrons. The number of aromatic nitrogens is 2. The average molecular weight is 200 g/mol. The Morgan fingerprint density at radius 2 is 2.42 bits per heavy atom. The van der Waals surface area contributed by atoms with E-state index in [9.17, 15) is 0 Å². The normalized spacial score (nSPS) is 9.33. The van der Waals surface area contributed by atoms with Crippen LogP contribution in [0.15, 0.2) is 11.2 Å². The fraction of sp³-hybridized carbons (Fsp3) is 0.143. The van der Waals surface area contributed by atoms with Crippen LogP contribution in [0.2, 0.25) is 5.15 Å². The molecular formula is C7H6ClN3S. The van der Waals surface area contributed by atoms with E-state index in [2.05, 4.69) is 15.9 Å². The minimum absolute atomic E-state index is 0.335. The highest BCUT2D eigenvalue weighted by molar-refractivity contribution is 7.99. The molecule has 0 aromatic carbocycles. The van der Waals surface area contributed by atoms with Gasteiger partial charge in [0.05, 0.1) is 5.75 Å². The fourth-order valence-electron chi connectivity index (χ4n) is 0.584. The van der Waals surface area contributed by atoms with E-state index in [1.54, 1.807) is 0 Å². The number of hydrogen-bond acceptors (Lipinski definition) is 4. The average Bonchev–Trinajstić information content (AvgIpc) is 1.99. The first kappa shape index (κ1) is 9.17. The molecule has 2 N–H and O–H groups in total. The molecule has 3 nitrogen and oxygen atoms in total. The van der Waals surface area contributed by atoms with E-state index in [4.69, 9.17) is 23.8 Å². The molecule has 1 rings (SSSR count). The van der Waals surface area contributed by atoms with Gasteiger partial charge in [-0.2, -0.15) is 0 Å². The topological polar surface area (TPSA) is 51.8 Å². The van der Waals surface area contributed by atoms with Gasteiger partial charge in [0.1, 0.15) is 11.0 Å². The largest absolute Gasteiger partial charge is 0.384 e. The van der Waals surface area contributed by atoms with Crippen molar-refractivity contribution in [2.24, 2.45) is 0 Å². The van der Waals surface area contributed by atoms with Crippen molar-refractivity contribution >= 4 is 29.2 Å². The molecule has 0 fully saturated rings. The molecule has 0 aliphatic carbocycles. The molecule has 0 aliphatic heterocycles. The Kier molecular flexibility index (Phi) is 3.20. The molecule has 0 atom stereocenters. The zero-order valence-electron chi connectivity index (χ0n) is 6.12. The Morgan fingerprint density at radius 1 is 1.67 bits per heavy atom. The fourth-order valence-corrected chi connectivity index (χ4v) is 1.37. The molecule has 0 bridgehead atoms. The Balaban J connectivity index is 2.80. The van der Waals surface area contributed by atoms with Crippen molar-refractivity contribution in [3.63, 3.8) is 0 Å². The maximum Gasteiger partial charge on any atom is 0.191 e. The maximum atomic E-state index is 5.63. The van der Waals surface area contributed by atoms with E-state index in [-0.39, 0.29) is 0 Å². The summed E-state index contributed by atoms with van der Waals surface area (Å²) in [4.78, 5) is 7.83.